The van der Waals surface area contributed by atoms with Crippen LogP contribution in [0.4, 0.5) is 4.39 Å². The van der Waals surface area contributed by atoms with Gasteiger partial charge in [0.15, 0.2) is 11.0 Å². The summed E-state index contributed by atoms with van der Waals surface area (Å²) in [6.45, 7) is 0. The van der Waals surface area contributed by atoms with Crippen molar-refractivity contribution in [1.29, 1.82) is 0 Å². The quantitative estimate of drug-likeness (QED) is 0.499. The highest BCUT2D eigenvalue weighted by molar-refractivity contribution is 7.80. The SMILES string of the molecule is Fc1cc(S)c(Cl)nc1Cl. The van der Waals surface area contributed by atoms with Gasteiger partial charge in [-0.25, -0.2) is 9.37 Å². The Balaban J connectivity index is 3.28. The maximum Gasteiger partial charge on any atom is 0.166 e. The van der Waals surface area contributed by atoms with Crippen molar-refractivity contribution < 1.29 is 4.39 Å². The lowest BCUT2D eigenvalue weighted by atomic mass is 10.5. The van der Waals surface area contributed by atoms with Gasteiger partial charge in [-0.2, -0.15) is 0 Å². The zero-order valence-corrected chi connectivity index (χ0v) is 7.01. The predicted octanol–water partition coefficient (Wildman–Crippen LogP) is 2.82. The summed E-state index contributed by atoms with van der Waals surface area (Å²) in [6, 6.07) is 1.11. The number of hydrogen-bond acceptors (Lipinski definition) is 2. The lowest BCUT2D eigenvalue weighted by molar-refractivity contribution is 0.617. The molecule has 54 valence electrons. The molecule has 0 aliphatic heterocycles. The molecule has 5 heteroatoms. The van der Waals surface area contributed by atoms with E-state index >= 15 is 0 Å². The molecule has 1 rings (SSSR count). The van der Waals surface area contributed by atoms with E-state index in [1.54, 1.807) is 0 Å². The topological polar surface area (TPSA) is 12.9 Å². The summed E-state index contributed by atoms with van der Waals surface area (Å²) >= 11 is 14.6. The highest BCUT2D eigenvalue weighted by Crippen LogP contribution is 2.22. The van der Waals surface area contributed by atoms with Crippen molar-refractivity contribution in [3.63, 3.8) is 0 Å². The molecule has 0 radical (unpaired) electrons. The zero-order valence-electron chi connectivity index (χ0n) is 4.61. The van der Waals surface area contributed by atoms with Gasteiger partial charge in [0.2, 0.25) is 0 Å². The average Bonchev–Trinajstić information content (AvgIpc) is 1.84. The van der Waals surface area contributed by atoms with Crippen LogP contribution < -0.4 is 0 Å². The Kier molecular flexibility index (Phi) is 2.39. The molecule has 1 aromatic rings. The molecule has 1 nitrogen and oxygen atoms in total. The first-order valence-corrected chi connectivity index (χ1v) is 3.52. The standard InChI is InChI=1S/C5H2Cl2FNS/c6-4-2(8)1-3(10)5(7)9-4/h1,10H. The maximum atomic E-state index is 12.5. The molecule has 0 unspecified atom stereocenters. The Bertz CT molecular complexity index is 216. The van der Waals surface area contributed by atoms with Gasteiger partial charge in [0, 0.05) is 4.90 Å². The Hall–Kier alpha value is 0.01000. The summed E-state index contributed by atoms with van der Waals surface area (Å²) in [6.07, 6.45) is 0. The summed E-state index contributed by atoms with van der Waals surface area (Å²) in [7, 11) is 0. The van der Waals surface area contributed by atoms with Gasteiger partial charge in [-0.3, -0.25) is 0 Å². The number of rotatable bonds is 0. The zero-order chi connectivity index (χ0) is 7.72. The number of halogens is 3. The molecule has 0 aliphatic rings. The van der Waals surface area contributed by atoms with Gasteiger partial charge in [0.05, 0.1) is 0 Å². The van der Waals surface area contributed by atoms with Crippen LogP contribution in [0.1, 0.15) is 0 Å². The van der Waals surface area contributed by atoms with Gasteiger partial charge in [-0.15, -0.1) is 12.6 Å². The number of nitrogens with zero attached hydrogens (tertiary/aromatic N) is 1. The molecular formula is C5H2Cl2FNS. The summed E-state index contributed by atoms with van der Waals surface area (Å²) in [5.74, 6) is -0.615. The van der Waals surface area contributed by atoms with E-state index in [1.165, 1.54) is 0 Å². The van der Waals surface area contributed by atoms with Gasteiger partial charge in [-0.05, 0) is 6.07 Å². The van der Waals surface area contributed by atoms with E-state index in [0.29, 0.717) is 0 Å². The van der Waals surface area contributed by atoms with Gasteiger partial charge >= 0.3 is 0 Å². The van der Waals surface area contributed by atoms with Gasteiger partial charge in [-0.1, -0.05) is 23.2 Å². The van der Waals surface area contributed by atoms with Crippen LogP contribution >= 0.6 is 35.8 Å². The minimum absolute atomic E-state index is 0.106. The van der Waals surface area contributed by atoms with E-state index in [-0.39, 0.29) is 15.2 Å². The molecular weight excluding hydrogens is 196 g/mol. The molecule has 0 spiro atoms. The Morgan fingerprint density at radius 3 is 2.50 bits per heavy atom. The highest BCUT2D eigenvalue weighted by atomic mass is 35.5. The third-order valence-corrected chi connectivity index (χ3v) is 1.89. The molecule has 0 fully saturated rings. The van der Waals surface area contributed by atoms with Crippen LogP contribution in [0.3, 0.4) is 0 Å². The molecule has 0 atom stereocenters. The summed E-state index contributed by atoms with van der Waals surface area (Å²) in [4.78, 5) is 3.73. The lowest BCUT2D eigenvalue weighted by Crippen LogP contribution is -1.84. The first-order chi connectivity index (χ1) is 4.61. The second-order valence-electron chi connectivity index (χ2n) is 1.57. The van der Waals surface area contributed by atoms with Crippen LogP contribution in [0.15, 0.2) is 11.0 Å². The fraction of sp³-hybridized carbons (Fsp3) is 0. The Morgan fingerprint density at radius 2 is 2.00 bits per heavy atom. The van der Waals surface area contributed by atoms with E-state index in [9.17, 15) is 4.39 Å². The minimum Gasteiger partial charge on any atom is -0.220 e. The van der Waals surface area contributed by atoms with Crippen molar-refractivity contribution in [2.45, 2.75) is 4.90 Å². The number of thiol groups is 1. The van der Waals surface area contributed by atoms with Crippen molar-refractivity contribution >= 4 is 35.8 Å². The van der Waals surface area contributed by atoms with Gasteiger partial charge < -0.3 is 0 Å². The highest BCUT2D eigenvalue weighted by Gasteiger charge is 2.04. The normalized spacial score (nSPS) is 10.0. The third-order valence-electron chi connectivity index (χ3n) is 0.868. The fourth-order valence-electron chi connectivity index (χ4n) is 0.436. The summed E-state index contributed by atoms with van der Waals surface area (Å²) < 4.78 is 12.5. The molecule has 0 N–H and O–H groups in total. The van der Waals surface area contributed by atoms with Crippen molar-refractivity contribution in [2.75, 3.05) is 0 Å². The molecule has 0 bridgehead atoms. The van der Waals surface area contributed by atoms with E-state index in [4.69, 9.17) is 23.2 Å². The minimum atomic E-state index is -0.615. The lowest BCUT2D eigenvalue weighted by Gasteiger charge is -1.96. The first kappa shape index (κ1) is 8.11. The second kappa shape index (κ2) is 2.95. The van der Waals surface area contributed by atoms with Crippen LogP contribution in [-0.2, 0) is 0 Å². The van der Waals surface area contributed by atoms with Crippen LogP contribution in [0.5, 0.6) is 0 Å². The predicted molar refractivity (Wildman–Crippen MR) is 41.5 cm³/mol. The number of aromatic nitrogens is 1. The van der Waals surface area contributed by atoms with Crippen LogP contribution in [0.2, 0.25) is 10.3 Å². The van der Waals surface area contributed by atoms with E-state index in [0.717, 1.165) is 6.07 Å². The maximum absolute atomic E-state index is 12.5. The molecule has 10 heavy (non-hydrogen) atoms. The van der Waals surface area contributed by atoms with Crippen LogP contribution in [-0.4, -0.2) is 4.98 Å². The third kappa shape index (κ3) is 1.54. The number of pyridine rings is 1. The Labute approximate surface area is 72.6 Å². The first-order valence-electron chi connectivity index (χ1n) is 2.32. The van der Waals surface area contributed by atoms with Crippen molar-refractivity contribution in [3.8, 4) is 0 Å². The second-order valence-corrected chi connectivity index (χ2v) is 2.77. The average molecular weight is 198 g/mol. The molecule has 0 saturated carbocycles. The van der Waals surface area contributed by atoms with Gasteiger partial charge in [0.1, 0.15) is 5.15 Å². The van der Waals surface area contributed by atoms with E-state index in [2.05, 4.69) is 17.6 Å². The smallest absolute Gasteiger partial charge is 0.166 e. The number of hydrogen-bond donors (Lipinski definition) is 1. The molecule has 0 aliphatic carbocycles. The molecule has 0 amide bonds. The van der Waals surface area contributed by atoms with E-state index < -0.39 is 5.82 Å². The summed E-state index contributed by atoms with van der Waals surface area (Å²) in [5.41, 5.74) is 0. The monoisotopic (exact) mass is 197 g/mol. The van der Waals surface area contributed by atoms with Crippen LogP contribution in [0.25, 0.3) is 0 Å². The van der Waals surface area contributed by atoms with Crippen molar-refractivity contribution in [2.24, 2.45) is 0 Å². The van der Waals surface area contributed by atoms with Crippen LogP contribution in [0, 0.1) is 5.82 Å². The molecule has 1 aromatic heterocycles. The molecule has 0 aromatic carbocycles. The fourth-order valence-corrected chi connectivity index (χ4v) is 0.921. The summed E-state index contributed by atoms with van der Waals surface area (Å²) in [5, 5.41) is -0.127. The van der Waals surface area contributed by atoms with E-state index in [1.807, 2.05) is 0 Å². The Morgan fingerprint density at radius 1 is 1.40 bits per heavy atom. The molecule has 0 saturated heterocycles. The van der Waals surface area contributed by atoms with Crippen molar-refractivity contribution in [3.05, 3.63) is 22.2 Å². The van der Waals surface area contributed by atoms with Gasteiger partial charge in [0.25, 0.3) is 0 Å². The largest absolute Gasteiger partial charge is 0.220 e. The molecule has 1 heterocycles. The van der Waals surface area contributed by atoms with Crippen molar-refractivity contribution in [1.82, 2.24) is 4.98 Å².